The van der Waals surface area contributed by atoms with Gasteiger partial charge in [0.25, 0.3) is 0 Å². The number of carbonyl (C=O) groups excluding carboxylic acids is 1. The smallest absolute Gasteiger partial charge is 0.394 e. The van der Waals surface area contributed by atoms with Crippen molar-refractivity contribution in [1.29, 1.82) is 0 Å². The quantitative estimate of drug-likeness (QED) is 0.0410. The lowest BCUT2D eigenvalue weighted by Gasteiger charge is -2.60. The lowest BCUT2D eigenvalue weighted by molar-refractivity contribution is -0.402. The Morgan fingerprint density at radius 2 is 1.07 bits per heavy atom. The van der Waals surface area contributed by atoms with E-state index in [1.165, 1.54) is 27.7 Å². The monoisotopic (exact) mass is 1390 g/mol. The summed E-state index contributed by atoms with van der Waals surface area (Å²) in [6.07, 6.45) is -46.9. The van der Waals surface area contributed by atoms with Crippen molar-refractivity contribution in [3.63, 3.8) is 0 Å². The minimum Gasteiger partial charge on any atom is -0.394 e. The number of carbonyl (C=O) groups is 1. The summed E-state index contributed by atoms with van der Waals surface area (Å²) in [4.78, 5) is 13.3. The molecule has 9 fully saturated rings. The molecular formula is C62H102O32S. The Balaban J connectivity index is 0.904. The number of rotatable bonds is 20. The van der Waals surface area contributed by atoms with E-state index in [0.29, 0.717) is 38.5 Å². The van der Waals surface area contributed by atoms with E-state index in [-0.39, 0.29) is 48.7 Å². The number of hydrogen-bond acceptors (Lipinski definition) is 31. The first kappa shape index (κ1) is 75.9. The molecule has 6 aliphatic heterocycles. The van der Waals surface area contributed by atoms with E-state index in [4.69, 9.17) is 61.0 Å². The van der Waals surface area contributed by atoms with Gasteiger partial charge in [0.05, 0.1) is 55.4 Å². The van der Waals surface area contributed by atoms with Gasteiger partial charge < -0.3 is 133 Å². The number of aliphatic hydroxyl groups excluding tert-OH is 14. The topological polar surface area (TPSA) is 495 Å². The number of ether oxygens (including phenoxy) is 12. The predicted molar refractivity (Wildman–Crippen MR) is 317 cm³/mol. The molecule has 3 saturated carbocycles. The van der Waals surface area contributed by atoms with Gasteiger partial charge in [-0.25, -0.2) is 4.18 Å². The maximum Gasteiger partial charge on any atom is 0.397 e. The highest BCUT2D eigenvalue weighted by Gasteiger charge is 2.64. The second-order valence-electron chi connectivity index (χ2n) is 29.5. The lowest BCUT2D eigenvalue weighted by Crippen LogP contribution is -2.67. The van der Waals surface area contributed by atoms with Gasteiger partial charge >= 0.3 is 10.4 Å². The molecular weight excluding hydrogens is 1290 g/mol. The van der Waals surface area contributed by atoms with Gasteiger partial charge in [-0.3, -0.25) is 9.35 Å². The van der Waals surface area contributed by atoms with Gasteiger partial charge in [0, 0.05) is 12.8 Å². The Kier molecular flexibility index (Phi) is 23.6. The number of fused-ring (bicyclic) bond motifs is 5. The fourth-order valence-corrected chi connectivity index (χ4v) is 17.7. The average Bonchev–Trinajstić information content (AvgIpc) is 1.69. The molecule has 3 unspecified atom stereocenters. The highest BCUT2D eigenvalue weighted by molar-refractivity contribution is 7.80. The van der Waals surface area contributed by atoms with Crippen LogP contribution >= 0.6 is 0 Å². The van der Waals surface area contributed by atoms with Crippen molar-refractivity contribution in [1.82, 2.24) is 0 Å². The second kappa shape index (κ2) is 29.5. The number of hydrogen-bond donors (Lipinski definition) is 16. The number of Topliss-reactive ketones (excluding diaryl/α,β-unsaturated/α-hetero) is 1. The molecule has 6 saturated heterocycles. The van der Waals surface area contributed by atoms with E-state index in [1.54, 1.807) is 6.92 Å². The Morgan fingerprint density at radius 3 is 1.61 bits per heavy atom. The second-order valence-corrected chi connectivity index (χ2v) is 30.5. The highest BCUT2D eigenvalue weighted by atomic mass is 32.3. The molecule has 95 heavy (non-hydrogen) atoms. The number of aliphatic hydroxyl groups is 15. The van der Waals surface area contributed by atoms with Crippen LogP contribution in [0.4, 0.5) is 0 Å². The van der Waals surface area contributed by atoms with Crippen LogP contribution in [0, 0.1) is 40.4 Å². The zero-order chi connectivity index (χ0) is 69.6. The molecule has 33 heteroatoms. The highest BCUT2D eigenvalue weighted by Crippen LogP contribution is 2.67. The fraction of sp³-hybridized carbons (Fsp3) is 0.952. The van der Waals surface area contributed by atoms with Crippen molar-refractivity contribution in [2.75, 3.05) is 13.2 Å². The molecule has 10 rings (SSSR count). The summed E-state index contributed by atoms with van der Waals surface area (Å²) >= 11 is 0. The summed E-state index contributed by atoms with van der Waals surface area (Å²) in [5, 5.41) is 169. The Labute approximate surface area is 551 Å². The third kappa shape index (κ3) is 15.2. The number of ketones is 1. The van der Waals surface area contributed by atoms with E-state index >= 15 is 0 Å². The summed E-state index contributed by atoms with van der Waals surface area (Å²) in [7, 11) is -4.91. The van der Waals surface area contributed by atoms with Crippen LogP contribution in [-0.2, 0) is 76.2 Å². The number of allylic oxidation sites excluding steroid dienone is 2. The summed E-state index contributed by atoms with van der Waals surface area (Å²) < 4.78 is 113. The molecule has 16 N–H and O–H groups in total. The fourth-order valence-electron chi connectivity index (χ4n) is 17.2. The zero-order valence-corrected chi connectivity index (χ0v) is 55.6. The lowest BCUT2D eigenvalue weighted by atomic mass is 9.47. The first-order valence-electron chi connectivity index (χ1n) is 33.3. The molecule has 6 heterocycles. The minimum absolute atomic E-state index is 0.00437. The van der Waals surface area contributed by atoms with Gasteiger partial charge in [-0.1, -0.05) is 39.3 Å². The Morgan fingerprint density at radius 1 is 0.579 bits per heavy atom. The van der Waals surface area contributed by atoms with Crippen LogP contribution in [0.25, 0.3) is 0 Å². The molecule has 0 aromatic heterocycles. The predicted octanol–water partition coefficient (Wildman–Crippen LogP) is -3.82. The molecule has 10 aliphatic rings. The third-order valence-electron chi connectivity index (χ3n) is 22.4. The SMILES string of the molecule is CC(C)CC(=O)C[C@](C)(O)[C@H]1CCC2C3C[C@H](O[C@@H]4O[C@H](C)[C@@H](O)[C@H](O[C@@H]5OC[C@@H](O[C@@H]6O[C@H](CO)[C@H](O)[C@H](O)[C@H]6O[C@@H]6O[C@H](C)[C@H](O)[C@H](O[C@@H]7O[C@H](C)[C@H](O)[C@H](O)[C@H]7O)[C@H]6O)[C@H](O)[C@H]5O[C@@H]5O[C@H](C)[C@@H](O)[C@H](O)[C@H]5O)[C@H]4O)C4C[C@@H](OS(=O)(=O)O)CC[C@]4(C)C3=CC[C@@]21C. The van der Waals surface area contributed by atoms with Gasteiger partial charge in [-0.05, 0) is 120 Å². The van der Waals surface area contributed by atoms with Crippen LogP contribution in [0.1, 0.15) is 120 Å². The van der Waals surface area contributed by atoms with E-state index in [1.807, 2.05) is 13.8 Å². The van der Waals surface area contributed by atoms with E-state index in [2.05, 4.69) is 19.9 Å². The molecule has 4 aliphatic carbocycles. The van der Waals surface area contributed by atoms with Crippen LogP contribution in [0.3, 0.4) is 0 Å². The molecule has 0 spiro atoms. The van der Waals surface area contributed by atoms with E-state index in [0.717, 1.165) is 5.57 Å². The minimum atomic E-state index is -4.91. The van der Waals surface area contributed by atoms with Gasteiger partial charge in [0.1, 0.15) is 122 Å². The molecule has 0 aromatic rings. The third-order valence-corrected chi connectivity index (χ3v) is 22.9. The molecule has 32 nitrogen and oxygen atoms in total. The molecule has 38 atom stereocenters. The van der Waals surface area contributed by atoms with Crippen molar-refractivity contribution < 1.29 is 155 Å². The summed E-state index contributed by atoms with van der Waals surface area (Å²) in [5.41, 5.74) is -1.34. The first-order valence-corrected chi connectivity index (χ1v) is 34.6. The molecule has 0 amide bonds. The molecule has 0 bridgehead atoms. The summed E-state index contributed by atoms with van der Waals surface area (Å²) in [5.74, 6) is -0.914. The van der Waals surface area contributed by atoms with Gasteiger partial charge in [-0.2, -0.15) is 8.42 Å². The van der Waals surface area contributed by atoms with E-state index < -0.39 is 236 Å². The zero-order valence-electron chi connectivity index (χ0n) is 54.7. The standard InChI is InChI=1S/C62H102O32S/c1-22(2)16-27(64)19-62(9,78)36-11-10-30-29-18-33(32-17-28(94-95(79,80)81)12-14-60(32,7)31(29)13-15-61(30,36)8)87-56-48(76)51(40(68)25(5)85-56)91-58-52(92-55-47(75)44(72)38(66)24(4)84-55)42(70)35(21-82-58)89-59-53(45(73)41(69)34(20-63)88-59)93-57-49(77)50(39(67)26(6)86-57)90-54-46(74)43(71)37(65)23(3)83-54/h13,22-26,28-30,32-59,63,65-78H,10-12,14-21H2,1-9H3,(H,79,80,81)/t23-,24-,25-,26-,28+,29?,30?,32?,33+,34-,35-,36+,37+,38-,39+,40-,41+,42+,43+,44+,45+,46-,47-,48-,49-,50+,51+,52-,53-,54+,55+,56+,57+,58+,59+,60-,61+,62+/m1/s1. The van der Waals surface area contributed by atoms with Crippen molar-refractivity contribution in [2.45, 2.75) is 316 Å². The van der Waals surface area contributed by atoms with Gasteiger partial charge in [-0.15, -0.1) is 0 Å². The molecule has 548 valence electrons. The average molecular weight is 1390 g/mol. The van der Waals surface area contributed by atoms with Gasteiger partial charge in [0.2, 0.25) is 0 Å². The van der Waals surface area contributed by atoms with Crippen LogP contribution in [0.5, 0.6) is 0 Å². The first-order chi connectivity index (χ1) is 44.4. The normalized spacial score (nSPS) is 52.0. The Hall–Kier alpha value is -1.80. The maximum absolute atomic E-state index is 13.3. The van der Waals surface area contributed by atoms with Crippen LogP contribution in [0.2, 0.25) is 0 Å². The summed E-state index contributed by atoms with van der Waals surface area (Å²) in [6, 6.07) is 0. The van der Waals surface area contributed by atoms with Crippen LogP contribution in [0.15, 0.2) is 11.6 Å². The van der Waals surface area contributed by atoms with Crippen LogP contribution < -0.4 is 0 Å². The largest absolute Gasteiger partial charge is 0.397 e. The molecule has 0 radical (unpaired) electrons. The Bertz CT molecular complexity index is 2730. The van der Waals surface area contributed by atoms with Crippen molar-refractivity contribution in [3.8, 4) is 0 Å². The van der Waals surface area contributed by atoms with Crippen molar-refractivity contribution in [2.24, 2.45) is 40.4 Å². The molecule has 0 aromatic carbocycles. The van der Waals surface area contributed by atoms with Crippen molar-refractivity contribution >= 4 is 16.2 Å². The van der Waals surface area contributed by atoms with Crippen LogP contribution in [-0.4, -0.2) is 305 Å². The van der Waals surface area contributed by atoms with E-state index in [9.17, 15) is 94.4 Å². The van der Waals surface area contributed by atoms with Gasteiger partial charge in [0.15, 0.2) is 37.7 Å². The summed E-state index contributed by atoms with van der Waals surface area (Å²) in [6.45, 7) is 13.7. The maximum atomic E-state index is 13.3. The van der Waals surface area contributed by atoms with Crippen molar-refractivity contribution in [3.05, 3.63) is 11.6 Å².